The quantitative estimate of drug-likeness (QED) is 0.350. The second kappa shape index (κ2) is 9.36. The summed E-state index contributed by atoms with van der Waals surface area (Å²) in [6.45, 7) is 3.50. The first-order chi connectivity index (χ1) is 13.5. The highest BCUT2D eigenvalue weighted by atomic mass is 32.2. The lowest BCUT2D eigenvalue weighted by Crippen LogP contribution is -2.27. The molecule has 0 aromatic heterocycles. The molecule has 0 unspecified atom stereocenters. The molecule has 1 aliphatic rings. The molecule has 0 saturated carbocycles. The molecule has 0 atom stereocenters. The molecule has 0 radical (unpaired) electrons. The maximum atomic E-state index is 12.4. The molecule has 1 amide bonds. The number of likely N-dealkylation sites (tertiary alicyclic amines) is 1. The molecule has 2 aromatic rings. The summed E-state index contributed by atoms with van der Waals surface area (Å²) in [6.07, 6.45) is 2.24. The predicted molar refractivity (Wildman–Crippen MR) is 113 cm³/mol. The lowest BCUT2D eigenvalue weighted by atomic mass is 10.1. The van der Waals surface area contributed by atoms with Gasteiger partial charge < -0.3 is 10.2 Å². The number of carbonyl (C=O) groups excluding carboxylic acids is 1. The average molecular weight is 398 g/mol. The lowest BCUT2D eigenvalue weighted by molar-refractivity contribution is -0.385. The molecule has 1 heterocycles. The van der Waals surface area contributed by atoms with Gasteiger partial charge in [-0.3, -0.25) is 14.9 Å². The molecule has 28 heavy (non-hydrogen) atoms. The van der Waals surface area contributed by atoms with E-state index < -0.39 is 4.92 Å². The van der Waals surface area contributed by atoms with Gasteiger partial charge in [0.2, 0.25) is 5.91 Å². The summed E-state index contributed by atoms with van der Waals surface area (Å²) in [7, 11) is 0. The number of amides is 1. The number of hydrogen-bond acceptors (Lipinski definition) is 5. The number of aliphatic imine (C=N–C) groups is 1. The zero-order chi connectivity index (χ0) is 19.9. The Morgan fingerprint density at radius 2 is 1.89 bits per heavy atom. The first kappa shape index (κ1) is 19.9. The number of anilines is 1. The molecule has 1 N–H and O–H groups in total. The van der Waals surface area contributed by atoms with Gasteiger partial charge in [0.1, 0.15) is 0 Å². The Hall–Kier alpha value is -2.87. The Morgan fingerprint density at radius 1 is 1.18 bits per heavy atom. The van der Waals surface area contributed by atoms with Gasteiger partial charge in [-0.2, -0.15) is 0 Å². The molecule has 1 saturated heterocycles. The van der Waals surface area contributed by atoms with Gasteiger partial charge in [0.05, 0.1) is 27.6 Å². The van der Waals surface area contributed by atoms with E-state index in [1.54, 1.807) is 19.1 Å². The number of amidine groups is 1. The van der Waals surface area contributed by atoms with E-state index in [1.807, 2.05) is 30.3 Å². The van der Waals surface area contributed by atoms with Gasteiger partial charge in [0.25, 0.3) is 5.69 Å². The van der Waals surface area contributed by atoms with Crippen LogP contribution in [-0.2, 0) is 4.79 Å². The highest BCUT2D eigenvalue weighted by Gasteiger charge is 2.19. The van der Waals surface area contributed by atoms with Crippen LogP contribution >= 0.6 is 11.8 Å². The number of benzene rings is 2. The summed E-state index contributed by atoms with van der Waals surface area (Å²) in [5, 5.41) is 14.7. The average Bonchev–Trinajstić information content (AvgIpc) is 3.22. The van der Waals surface area contributed by atoms with Gasteiger partial charge in [-0.15, -0.1) is 0 Å². The molecular formula is C20H22N4O3S. The zero-order valence-corrected chi connectivity index (χ0v) is 16.4. The van der Waals surface area contributed by atoms with Crippen LogP contribution in [0.25, 0.3) is 0 Å². The Morgan fingerprint density at radius 3 is 2.57 bits per heavy atom. The number of nitro benzene ring substituents is 1. The molecule has 7 nitrogen and oxygen atoms in total. The molecular weight excluding hydrogens is 376 g/mol. The van der Waals surface area contributed by atoms with Crippen molar-refractivity contribution in [3.63, 3.8) is 0 Å². The van der Waals surface area contributed by atoms with Crippen molar-refractivity contribution in [2.75, 3.05) is 24.2 Å². The monoisotopic (exact) mass is 398 g/mol. The largest absolute Gasteiger partial charge is 0.351 e. The molecule has 0 bridgehead atoms. The van der Waals surface area contributed by atoms with Gasteiger partial charge in [-0.05, 0) is 38.0 Å². The summed E-state index contributed by atoms with van der Waals surface area (Å²) in [5.41, 5.74) is 1.76. The number of hydrogen-bond donors (Lipinski definition) is 1. The highest BCUT2D eigenvalue weighted by Crippen LogP contribution is 2.26. The maximum absolute atomic E-state index is 12.4. The molecule has 1 fully saturated rings. The van der Waals surface area contributed by atoms with Crippen LogP contribution in [0.5, 0.6) is 0 Å². The molecule has 3 rings (SSSR count). The van der Waals surface area contributed by atoms with Crippen LogP contribution in [-0.4, -0.2) is 39.7 Å². The van der Waals surface area contributed by atoms with E-state index in [4.69, 9.17) is 4.99 Å². The van der Waals surface area contributed by atoms with Crippen molar-refractivity contribution in [1.29, 1.82) is 0 Å². The maximum Gasteiger partial charge on any atom is 0.274 e. The van der Waals surface area contributed by atoms with Crippen molar-refractivity contribution in [3.8, 4) is 0 Å². The minimum Gasteiger partial charge on any atom is -0.351 e. The highest BCUT2D eigenvalue weighted by molar-refractivity contribution is 8.14. The molecule has 0 aliphatic carbocycles. The SMILES string of the molecule is Cc1c(NC(=O)CSC(=Nc2ccccc2)N2CCCC2)cccc1[N+](=O)[O-]. The van der Waals surface area contributed by atoms with Crippen molar-refractivity contribution in [2.45, 2.75) is 19.8 Å². The molecule has 8 heteroatoms. The van der Waals surface area contributed by atoms with Crippen LogP contribution in [0.1, 0.15) is 18.4 Å². The van der Waals surface area contributed by atoms with Crippen LogP contribution in [0.4, 0.5) is 17.1 Å². The van der Waals surface area contributed by atoms with Crippen molar-refractivity contribution < 1.29 is 9.72 Å². The Bertz CT molecular complexity index is 880. The van der Waals surface area contributed by atoms with E-state index in [0.29, 0.717) is 11.3 Å². The van der Waals surface area contributed by atoms with Gasteiger partial charge in [0.15, 0.2) is 5.17 Å². The zero-order valence-electron chi connectivity index (χ0n) is 15.6. The Labute approximate surface area is 168 Å². The minimum absolute atomic E-state index is 0.00570. The van der Waals surface area contributed by atoms with Crippen molar-refractivity contribution >= 4 is 39.9 Å². The number of nitrogens with one attached hydrogen (secondary N) is 1. The predicted octanol–water partition coefficient (Wildman–Crippen LogP) is 4.36. The van der Waals surface area contributed by atoms with Gasteiger partial charge in [-0.25, -0.2) is 4.99 Å². The molecule has 1 aliphatic heterocycles. The molecule has 2 aromatic carbocycles. The van der Waals surface area contributed by atoms with Crippen molar-refractivity contribution in [2.24, 2.45) is 4.99 Å². The fourth-order valence-electron chi connectivity index (χ4n) is 2.99. The number of thioether (sulfide) groups is 1. The smallest absolute Gasteiger partial charge is 0.274 e. The number of rotatable bonds is 5. The van der Waals surface area contributed by atoms with Gasteiger partial charge in [-0.1, -0.05) is 36.0 Å². The lowest BCUT2D eigenvalue weighted by Gasteiger charge is -2.19. The van der Waals surface area contributed by atoms with Gasteiger partial charge >= 0.3 is 0 Å². The summed E-state index contributed by atoms with van der Waals surface area (Å²) in [6, 6.07) is 14.3. The second-order valence-corrected chi connectivity index (χ2v) is 7.41. The fraction of sp³-hybridized carbons (Fsp3) is 0.300. The Balaban J connectivity index is 1.68. The number of carbonyl (C=O) groups is 1. The van der Waals surface area contributed by atoms with E-state index in [-0.39, 0.29) is 17.3 Å². The normalized spacial score (nSPS) is 14.2. The Kier molecular flexibility index (Phi) is 6.65. The standard InChI is InChI=1S/C20H22N4O3S/c1-15-17(10-7-11-18(15)24(26)27)22-19(25)14-28-20(23-12-5-6-13-23)21-16-8-3-2-4-9-16/h2-4,7-11H,5-6,12-14H2,1H3,(H,22,25). The topological polar surface area (TPSA) is 87.8 Å². The first-order valence-electron chi connectivity index (χ1n) is 9.10. The van der Waals surface area contributed by atoms with Crippen molar-refractivity contribution in [3.05, 3.63) is 64.2 Å². The van der Waals surface area contributed by atoms with Crippen LogP contribution in [0, 0.1) is 17.0 Å². The summed E-state index contributed by atoms with van der Waals surface area (Å²) in [4.78, 5) is 30.0. The number of nitro groups is 1. The fourth-order valence-corrected chi connectivity index (χ4v) is 3.86. The number of nitrogens with zero attached hydrogens (tertiary/aromatic N) is 3. The molecule has 0 spiro atoms. The third kappa shape index (κ3) is 5.10. The van der Waals surface area contributed by atoms with Crippen molar-refractivity contribution in [1.82, 2.24) is 4.90 Å². The van der Waals surface area contributed by atoms with Crippen LogP contribution in [0.15, 0.2) is 53.5 Å². The van der Waals surface area contributed by atoms with E-state index in [0.717, 1.165) is 36.8 Å². The first-order valence-corrected chi connectivity index (χ1v) is 10.1. The summed E-state index contributed by atoms with van der Waals surface area (Å²) < 4.78 is 0. The summed E-state index contributed by atoms with van der Waals surface area (Å²) in [5.74, 6) is -0.0295. The van der Waals surface area contributed by atoms with E-state index in [9.17, 15) is 14.9 Å². The van der Waals surface area contributed by atoms with Crippen LogP contribution in [0.3, 0.4) is 0 Å². The third-order valence-corrected chi connectivity index (χ3v) is 5.48. The van der Waals surface area contributed by atoms with Crippen LogP contribution < -0.4 is 5.32 Å². The minimum atomic E-state index is -0.447. The van der Waals surface area contributed by atoms with E-state index in [2.05, 4.69) is 10.2 Å². The molecule has 146 valence electrons. The van der Waals surface area contributed by atoms with E-state index in [1.165, 1.54) is 17.8 Å². The van der Waals surface area contributed by atoms with Crippen LogP contribution in [0.2, 0.25) is 0 Å². The van der Waals surface area contributed by atoms with Gasteiger partial charge in [0, 0.05) is 19.2 Å². The third-order valence-electron chi connectivity index (χ3n) is 4.47. The number of para-hydroxylation sites is 1. The van der Waals surface area contributed by atoms with E-state index >= 15 is 0 Å². The second-order valence-electron chi connectivity index (χ2n) is 6.47. The summed E-state index contributed by atoms with van der Waals surface area (Å²) >= 11 is 1.39.